The molecule has 2 rings (SSSR count). The van der Waals surface area contributed by atoms with Gasteiger partial charge in [0.1, 0.15) is 5.82 Å². The van der Waals surface area contributed by atoms with E-state index in [1.165, 1.54) is 18.2 Å². The van der Waals surface area contributed by atoms with Crippen molar-refractivity contribution in [3.8, 4) is 0 Å². The second kappa shape index (κ2) is 7.08. The molecule has 1 fully saturated rings. The zero-order valence-electron chi connectivity index (χ0n) is 10.4. The lowest BCUT2D eigenvalue weighted by atomic mass is 10.0. The van der Waals surface area contributed by atoms with Crippen LogP contribution in [0, 0.1) is 11.7 Å². The molecule has 0 radical (unpaired) electrons. The highest BCUT2D eigenvalue weighted by Crippen LogP contribution is 2.26. The topological polar surface area (TPSA) is 55.1 Å². The Bertz CT molecular complexity index is 456. The van der Waals surface area contributed by atoms with Crippen molar-refractivity contribution in [3.05, 3.63) is 34.6 Å². The minimum atomic E-state index is -0.578. The van der Waals surface area contributed by atoms with Crippen molar-refractivity contribution in [3.63, 3.8) is 0 Å². The standard InChI is InChI=1S/C13H16ClFN2O.ClH/c14-12-9(4-2-5-10(12)15)13(18)17-11-6-1-3-8(11)7-16;/h2,4-5,8,11H,1,3,6-7,16H2,(H,17,18);1H. The molecule has 0 aromatic heterocycles. The summed E-state index contributed by atoms with van der Waals surface area (Å²) in [6, 6.07) is 4.30. The smallest absolute Gasteiger partial charge is 0.253 e. The summed E-state index contributed by atoms with van der Waals surface area (Å²) in [7, 11) is 0. The van der Waals surface area contributed by atoms with Gasteiger partial charge in [0, 0.05) is 6.04 Å². The Kier molecular flexibility index (Phi) is 6.04. The van der Waals surface area contributed by atoms with E-state index in [1.54, 1.807) is 0 Å². The van der Waals surface area contributed by atoms with Gasteiger partial charge in [-0.15, -0.1) is 12.4 Å². The van der Waals surface area contributed by atoms with E-state index in [4.69, 9.17) is 17.3 Å². The summed E-state index contributed by atoms with van der Waals surface area (Å²) >= 11 is 5.78. The summed E-state index contributed by atoms with van der Waals surface area (Å²) in [6.07, 6.45) is 3.00. The zero-order valence-corrected chi connectivity index (χ0v) is 11.9. The molecule has 0 bridgehead atoms. The van der Waals surface area contributed by atoms with E-state index in [2.05, 4.69) is 5.32 Å². The first-order chi connectivity index (χ1) is 8.63. The number of halogens is 3. The van der Waals surface area contributed by atoms with Crippen LogP contribution in [0.5, 0.6) is 0 Å². The number of hydrogen-bond acceptors (Lipinski definition) is 2. The Morgan fingerprint density at radius 2 is 2.21 bits per heavy atom. The first-order valence-corrected chi connectivity index (χ1v) is 6.46. The molecule has 6 heteroatoms. The van der Waals surface area contributed by atoms with E-state index in [0.29, 0.717) is 12.5 Å². The van der Waals surface area contributed by atoms with Crippen LogP contribution in [-0.2, 0) is 0 Å². The first-order valence-electron chi connectivity index (χ1n) is 6.08. The number of nitrogens with two attached hydrogens (primary N) is 1. The van der Waals surface area contributed by atoms with Gasteiger partial charge in [-0.3, -0.25) is 4.79 Å². The minimum Gasteiger partial charge on any atom is -0.349 e. The van der Waals surface area contributed by atoms with Crippen molar-refractivity contribution in [2.24, 2.45) is 11.7 Å². The van der Waals surface area contributed by atoms with Gasteiger partial charge in [-0.2, -0.15) is 0 Å². The molecule has 3 N–H and O–H groups in total. The third kappa shape index (κ3) is 3.59. The Labute approximate surface area is 123 Å². The molecular weight excluding hydrogens is 290 g/mol. The van der Waals surface area contributed by atoms with Crippen LogP contribution in [0.4, 0.5) is 4.39 Å². The lowest BCUT2D eigenvalue weighted by Gasteiger charge is -2.19. The van der Waals surface area contributed by atoms with Crippen LogP contribution in [0.1, 0.15) is 29.6 Å². The lowest BCUT2D eigenvalue weighted by Crippen LogP contribution is -2.40. The first kappa shape index (κ1) is 16.2. The SMILES string of the molecule is Cl.NCC1CCCC1NC(=O)c1cccc(F)c1Cl. The minimum absolute atomic E-state index is 0. The fourth-order valence-corrected chi connectivity index (χ4v) is 2.65. The number of benzene rings is 1. The van der Waals surface area contributed by atoms with E-state index < -0.39 is 5.82 Å². The van der Waals surface area contributed by atoms with Gasteiger partial charge in [-0.1, -0.05) is 24.1 Å². The maximum Gasteiger partial charge on any atom is 0.253 e. The molecule has 0 saturated heterocycles. The molecule has 106 valence electrons. The zero-order chi connectivity index (χ0) is 13.1. The van der Waals surface area contributed by atoms with E-state index in [0.717, 1.165) is 19.3 Å². The van der Waals surface area contributed by atoms with Crippen LogP contribution in [0.2, 0.25) is 5.02 Å². The fraction of sp³-hybridized carbons (Fsp3) is 0.462. The predicted molar refractivity (Wildman–Crippen MR) is 76.3 cm³/mol. The highest BCUT2D eigenvalue weighted by molar-refractivity contribution is 6.34. The molecule has 2 unspecified atom stereocenters. The number of amides is 1. The summed E-state index contributed by atoms with van der Waals surface area (Å²) in [5.74, 6) is -0.600. The van der Waals surface area contributed by atoms with Crippen LogP contribution >= 0.6 is 24.0 Å². The number of carbonyl (C=O) groups is 1. The quantitative estimate of drug-likeness (QED) is 0.902. The summed E-state index contributed by atoms with van der Waals surface area (Å²) in [4.78, 5) is 12.0. The summed E-state index contributed by atoms with van der Waals surface area (Å²) in [5.41, 5.74) is 5.84. The second-order valence-corrected chi connectivity index (χ2v) is 4.99. The maximum atomic E-state index is 13.3. The Balaban J connectivity index is 0.00000180. The molecule has 2 atom stereocenters. The van der Waals surface area contributed by atoms with Gasteiger partial charge in [-0.25, -0.2) is 4.39 Å². The summed E-state index contributed by atoms with van der Waals surface area (Å²) in [6.45, 7) is 0.557. The van der Waals surface area contributed by atoms with Gasteiger partial charge < -0.3 is 11.1 Å². The van der Waals surface area contributed by atoms with Crippen LogP contribution in [-0.4, -0.2) is 18.5 Å². The fourth-order valence-electron chi connectivity index (χ4n) is 2.43. The molecule has 1 aromatic carbocycles. The van der Waals surface area contributed by atoms with E-state index in [9.17, 15) is 9.18 Å². The molecule has 19 heavy (non-hydrogen) atoms. The molecule has 0 spiro atoms. The average molecular weight is 307 g/mol. The van der Waals surface area contributed by atoms with Gasteiger partial charge in [0.15, 0.2) is 0 Å². The van der Waals surface area contributed by atoms with Gasteiger partial charge in [-0.05, 0) is 37.4 Å². The number of rotatable bonds is 3. The third-order valence-corrected chi connectivity index (χ3v) is 3.86. The maximum absolute atomic E-state index is 13.3. The van der Waals surface area contributed by atoms with E-state index >= 15 is 0 Å². The van der Waals surface area contributed by atoms with Gasteiger partial charge >= 0.3 is 0 Å². The molecule has 0 heterocycles. The van der Waals surface area contributed by atoms with Crippen LogP contribution in [0.15, 0.2) is 18.2 Å². The summed E-state index contributed by atoms with van der Waals surface area (Å²) < 4.78 is 13.3. The second-order valence-electron chi connectivity index (χ2n) is 4.61. The van der Waals surface area contributed by atoms with Gasteiger partial charge in [0.25, 0.3) is 5.91 Å². The lowest BCUT2D eigenvalue weighted by molar-refractivity contribution is 0.0928. The van der Waals surface area contributed by atoms with Crippen molar-refractivity contribution < 1.29 is 9.18 Å². The Morgan fingerprint density at radius 3 is 2.89 bits per heavy atom. The highest BCUT2D eigenvalue weighted by atomic mass is 35.5. The molecule has 0 aliphatic heterocycles. The van der Waals surface area contributed by atoms with Crippen molar-refractivity contribution >= 4 is 29.9 Å². The van der Waals surface area contributed by atoms with Gasteiger partial charge in [0.2, 0.25) is 0 Å². The highest BCUT2D eigenvalue weighted by Gasteiger charge is 2.28. The largest absolute Gasteiger partial charge is 0.349 e. The number of nitrogens with one attached hydrogen (secondary N) is 1. The van der Waals surface area contributed by atoms with Crippen molar-refractivity contribution in [1.82, 2.24) is 5.32 Å². The average Bonchev–Trinajstić information content (AvgIpc) is 2.79. The van der Waals surface area contributed by atoms with Crippen molar-refractivity contribution in [1.29, 1.82) is 0 Å². The van der Waals surface area contributed by atoms with E-state index in [1.807, 2.05) is 0 Å². The Morgan fingerprint density at radius 1 is 1.47 bits per heavy atom. The normalized spacial score (nSPS) is 21.8. The molecule has 1 amide bonds. The van der Waals surface area contributed by atoms with Crippen molar-refractivity contribution in [2.45, 2.75) is 25.3 Å². The molecule has 1 aliphatic rings. The van der Waals surface area contributed by atoms with Crippen LogP contribution in [0.3, 0.4) is 0 Å². The molecular formula is C13H17Cl2FN2O. The summed E-state index contributed by atoms with van der Waals surface area (Å²) in [5, 5.41) is 2.77. The van der Waals surface area contributed by atoms with Crippen molar-refractivity contribution in [2.75, 3.05) is 6.54 Å². The molecule has 1 aliphatic carbocycles. The van der Waals surface area contributed by atoms with Gasteiger partial charge in [0.05, 0.1) is 10.6 Å². The monoisotopic (exact) mass is 306 g/mol. The predicted octanol–water partition coefficient (Wildman–Crippen LogP) is 2.76. The Hall–Kier alpha value is -0.840. The van der Waals surface area contributed by atoms with Crippen LogP contribution < -0.4 is 11.1 Å². The number of hydrogen-bond donors (Lipinski definition) is 2. The van der Waals surface area contributed by atoms with Crippen LogP contribution in [0.25, 0.3) is 0 Å². The number of carbonyl (C=O) groups excluding carboxylic acids is 1. The van der Waals surface area contributed by atoms with E-state index in [-0.39, 0.29) is 34.9 Å². The molecule has 1 saturated carbocycles. The molecule has 1 aromatic rings. The third-order valence-electron chi connectivity index (χ3n) is 3.47. The molecule has 3 nitrogen and oxygen atoms in total.